The van der Waals surface area contributed by atoms with Gasteiger partial charge in [-0.2, -0.15) is 5.10 Å². The predicted molar refractivity (Wildman–Crippen MR) is 139 cm³/mol. The number of rotatable bonds is 11. The minimum absolute atomic E-state index is 0.162. The molecule has 0 atom stereocenters. The van der Waals surface area contributed by atoms with Gasteiger partial charge in [-0.1, -0.05) is 41.9 Å². The summed E-state index contributed by atoms with van der Waals surface area (Å²) in [5, 5.41) is 11.0. The van der Waals surface area contributed by atoms with Gasteiger partial charge in [0.15, 0.2) is 5.82 Å². The molecule has 34 heavy (non-hydrogen) atoms. The third-order valence-electron chi connectivity index (χ3n) is 5.81. The molecule has 1 saturated carbocycles. The standard InChI is InChI=1S/C27H33BrN4O2/c1-18(2)17-34-25-11-10-24(28)13-23(25)16-32-19(3)12-26(31-32)30-27(33)22-8-6-21(7-9-22)15-29-14-20-4-5-20/h6-13,18,20,29H,4-5,14-17H2,1-3H3,(H,30,31,33). The van der Waals surface area contributed by atoms with Crippen LogP contribution in [0.15, 0.2) is 53.0 Å². The fraction of sp³-hybridized carbons (Fsp3) is 0.407. The molecular formula is C27H33BrN4O2. The van der Waals surface area contributed by atoms with E-state index in [4.69, 9.17) is 4.74 Å². The highest BCUT2D eigenvalue weighted by atomic mass is 79.9. The number of carbonyl (C=O) groups is 1. The molecule has 2 aromatic carbocycles. The Morgan fingerprint density at radius 2 is 1.94 bits per heavy atom. The van der Waals surface area contributed by atoms with Crippen LogP contribution in [-0.2, 0) is 13.1 Å². The number of hydrogen-bond acceptors (Lipinski definition) is 4. The van der Waals surface area contributed by atoms with Crippen LogP contribution in [0.3, 0.4) is 0 Å². The number of anilines is 1. The lowest BCUT2D eigenvalue weighted by atomic mass is 10.1. The number of amides is 1. The lowest BCUT2D eigenvalue weighted by Gasteiger charge is -2.14. The fourth-order valence-electron chi connectivity index (χ4n) is 3.67. The monoisotopic (exact) mass is 524 g/mol. The Labute approximate surface area is 210 Å². The molecule has 0 unspecified atom stereocenters. The van der Waals surface area contributed by atoms with Crippen LogP contribution >= 0.6 is 15.9 Å². The van der Waals surface area contributed by atoms with Gasteiger partial charge in [-0.05, 0) is 74.0 Å². The first-order valence-corrected chi connectivity index (χ1v) is 12.7. The van der Waals surface area contributed by atoms with Crippen molar-refractivity contribution in [3.63, 3.8) is 0 Å². The maximum absolute atomic E-state index is 12.8. The molecule has 1 aromatic heterocycles. The van der Waals surface area contributed by atoms with Gasteiger partial charge in [0, 0.05) is 33.9 Å². The van der Waals surface area contributed by atoms with Crippen molar-refractivity contribution in [3.05, 3.63) is 75.4 Å². The molecule has 2 N–H and O–H groups in total. The molecule has 6 nitrogen and oxygen atoms in total. The molecule has 0 aliphatic heterocycles. The Morgan fingerprint density at radius 1 is 1.18 bits per heavy atom. The van der Waals surface area contributed by atoms with E-state index in [0.717, 1.165) is 40.5 Å². The molecule has 0 spiro atoms. The molecule has 180 valence electrons. The van der Waals surface area contributed by atoms with Crippen LogP contribution in [0.1, 0.15) is 53.9 Å². The van der Waals surface area contributed by atoms with E-state index in [9.17, 15) is 4.79 Å². The maximum Gasteiger partial charge on any atom is 0.256 e. The first-order valence-electron chi connectivity index (χ1n) is 11.9. The highest BCUT2D eigenvalue weighted by Gasteiger charge is 2.20. The first kappa shape index (κ1) is 24.5. The minimum atomic E-state index is -0.162. The van der Waals surface area contributed by atoms with Gasteiger partial charge in [0.1, 0.15) is 5.75 Å². The van der Waals surface area contributed by atoms with Crippen molar-refractivity contribution in [2.45, 2.75) is 46.7 Å². The second kappa shape index (κ2) is 11.2. The average Bonchev–Trinajstić information content (AvgIpc) is 3.56. The quantitative estimate of drug-likeness (QED) is 0.333. The number of halogens is 1. The first-order chi connectivity index (χ1) is 16.4. The lowest BCUT2D eigenvalue weighted by Crippen LogP contribution is -2.16. The van der Waals surface area contributed by atoms with E-state index in [1.165, 1.54) is 18.4 Å². The SMILES string of the molecule is Cc1cc(NC(=O)c2ccc(CNCC3CC3)cc2)nn1Cc1cc(Br)ccc1OCC(C)C. The van der Waals surface area contributed by atoms with Crippen molar-refractivity contribution >= 4 is 27.7 Å². The smallest absolute Gasteiger partial charge is 0.256 e. The average molecular weight is 525 g/mol. The molecule has 1 aliphatic rings. The summed E-state index contributed by atoms with van der Waals surface area (Å²) >= 11 is 3.55. The van der Waals surface area contributed by atoms with Gasteiger partial charge in [0.25, 0.3) is 5.91 Å². The Hall–Kier alpha value is -2.64. The summed E-state index contributed by atoms with van der Waals surface area (Å²) in [7, 11) is 0. The molecule has 0 radical (unpaired) electrons. The fourth-order valence-corrected chi connectivity index (χ4v) is 4.08. The summed E-state index contributed by atoms with van der Waals surface area (Å²) in [6, 6.07) is 15.6. The molecule has 4 rings (SSSR count). The van der Waals surface area contributed by atoms with Crippen molar-refractivity contribution in [3.8, 4) is 5.75 Å². The van der Waals surface area contributed by atoms with Crippen LogP contribution < -0.4 is 15.4 Å². The van der Waals surface area contributed by atoms with Gasteiger partial charge >= 0.3 is 0 Å². The van der Waals surface area contributed by atoms with Gasteiger partial charge < -0.3 is 15.4 Å². The van der Waals surface area contributed by atoms with Crippen LogP contribution in [0.4, 0.5) is 5.82 Å². The summed E-state index contributed by atoms with van der Waals surface area (Å²) in [6.45, 7) is 9.37. The number of nitrogens with one attached hydrogen (secondary N) is 2. The van der Waals surface area contributed by atoms with E-state index in [0.29, 0.717) is 30.5 Å². The van der Waals surface area contributed by atoms with Gasteiger partial charge in [0.05, 0.1) is 13.2 Å². The van der Waals surface area contributed by atoms with Gasteiger partial charge in [-0.3, -0.25) is 9.48 Å². The second-order valence-corrected chi connectivity index (χ2v) is 10.4. The van der Waals surface area contributed by atoms with Crippen LogP contribution in [0.2, 0.25) is 0 Å². The largest absolute Gasteiger partial charge is 0.493 e. The molecular weight excluding hydrogens is 492 g/mol. The molecule has 0 saturated heterocycles. The Kier molecular flexibility index (Phi) is 8.06. The van der Waals surface area contributed by atoms with E-state index in [-0.39, 0.29) is 5.91 Å². The Morgan fingerprint density at radius 3 is 2.65 bits per heavy atom. The highest BCUT2D eigenvalue weighted by molar-refractivity contribution is 9.10. The Balaban J connectivity index is 1.38. The van der Waals surface area contributed by atoms with Crippen molar-refractivity contribution in [1.82, 2.24) is 15.1 Å². The van der Waals surface area contributed by atoms with Crippen LogP contribution in [0.25, 0.3) is 0 Å². The van der Waals surface area contributed by atoms with Gasteiger partial charge in [-0.25, -0.2) is 0 Å². The molecule has 7 heteroatoms. The van der Waals surface area contributed by atoms with Crippen molar-refractivity contribution in [1.29, 1.82) is 0 Å². The number of hydrogen-bond donors (Lipinski definition) is 2. The highest BCUT2D eigenvalue weighted by Crippen LogP contribution is 2.28. The number of aryl methyl sites for hydroxylation is 1. The van der Waals surface area contributed by atoms with Crippen molar-refractivity contribution in [2.24, 2.45) is 11.8 Å². The van der Waals surface area contributed by atoms with Crippen LogP contribution in [0, 0.1) is 18.8 Å². The third kappa shape index (κ3) is 6.93. The van der Waals surface area contributed by atoms with Gasteiger partial charge in [-0.15, -0.1) is 0 Å². The zero-order valence-electron chi connectivity index (χ0n) is 20.1. The molecule has 1 aliphatic carbocycles. The zero-order valence-corrected chi connectivity index (χ0v) is 21.7. The van der Waals surface area contributed by atoms with Crippen LogP contribution in [0.5, 0.6) is 5.75 Å². The number of ether oxygens (including phenoxy) is 1. The molecule has 1 fully saturated rings. The summed E-state index contributed by atoms with van der Waals surface area (Å²) in [4.78, 5) is 12.8. The molecule has 3 aromatic rings. The van der Waals surface area contributed by atoms with E-state index in [2.05, 4.69) is 51.6 Å². The second-order valence-electron chi connectivity index (χ2n) is 9.51. The van der Waals surface area contributed by atoms with E-state index < -0.39 is 0 Å². The van der Waals surface area contributed by atoms with Crippen LogP contribution in [-0.4, -0.2) is 28.8 Å². The maximum atomic E-state index is 12.8. The zero-order chi connectivity index (χ0) is 24.1. The summed E-state index contributed by atoms with van der Waals surface area (Å²) in [5.74, 6) is 2.53. The number of nitrogens with zero attached hydrogens (tertiary/aromatic N) is 2. The molecule has 1 heterocycles. The van der Waals surface area contributed by atoms with E-state index >= 15 is 0 Å². The lowest BCUT2D eigenvalue weighted by molar-refractivity contribution is 0.102. The topological polar surface area (TPSA) is 68.2 Å². The van der Waals surface area contributed by atoms with Crippen molar-refractivity contribution < 1.29 is 9.53 Å². The normalized spacial score (nSPS) is 13.3. The Bertz CT molecular complexity index is 1120. The summed E-state index contributed by atoms with van der Waals surface area (Å²) < 4.78 is 8.88. The van der Waals surface area contributed by atoms with Gasteiger partial charge in [0.2, 0.25) is 0 Å². The number of aromatic nitrogens is 2. The predicted octanol–water partition coefficient (Wildman–Crippen LogP) is 5.79. The third-order valence-corrected chi connectivity index (χ3v) is 6.31. The van der Waals surface area contributed by atoms with E-state index in [1.807, 2.05) is 54.1 Å². The number of benzene rings is 2. The summed E-state index contributed by atoms with van der Waals surface area (Å²) in [5.41, 5.74) is 3.79. The number of carbonyl (C=O) groups excluding carboxylic acids is 1. The molecule has 1 amide bonds. The summed E-state index contributed by atoms with van der Waals surface area (Å²) in [6.07, 6.45) is 2.69. The minimum Gasteiger partial charge on any atom is -0.493 e. The molecule has 0 bridgehead atoms. The van der Waals surface area contributed by atoms with Crippen molar-refractivity contribution in [2.75, 3.05) is 18.5 Å². The van der Waals surface area contributed by atoms with E-state index in [1.54, 1.807) is 0 Å².